The number of hydrogen-bond acceptors (Lipinski definition) is 2. The predicted octanol–water partition coefficient (Wildman–Crippen LogP) is 3.95. The van der Waals surface area contributed by atoms with Gasteiger partial charge in [-0.1, -0.05) is 54.6 Å². The highest BCUT2D eigenvalue weighted by Crippen LogP contribution is 2.21. The number of benzene rings is 2. The zero-order valence-electron chi connectivity index (χ0n) is 13.5. The van der Waals surface area contributed by atoms with Gasteiger partial charge in [-0.15, -0.1) is 0 Å². The minimum atomic E-state index is 0.366. The van der Waals surface area contributed by atoms with Crippen LogP contribution in [0.25, 0.3) is 11.1 Å². The van der Waals surface area contributed by atoms with Crippen molar-refractivity contribution in [2.75, 3.05) is 20.6 Å². The average molecular weight is 282 g/mol. The van der Waals surface area contributed by atoms with Crippen LogP contribution in [0, 0.1) is 0 Å². The summed E-state index contributed by atoms with van der Waals surface area (Å²) in [4.78, 5) is 2.21. The van der Waals surface area contributed by atoms with Crippen molar-refractivity contribution in [2.45, 2.75) is 25.9 Å². The molecule has 1 N–H and O–H groups in total. The van der Waals surface area contributed by atoms with Gasteiger partial charge in [-0.3, -0.25) is 0 Å². The molecule has 0 aliphatic heterocycles. The van der Waals surface area contributed by atoms with Crippen LogP contribution >= 0.6 is 0 Å². The summed E-state index contributed by atoms with van der Waals surface area (Å²) in [5.41, 5.74) is 3.87. The zero-order valence-corrected chi connectivity index (χ0v) is 13.5. The number of likely N-dealkylation sites (N-methyl/N-ethyl adjacent to an activating group) is 1. The molecule has 0 aliphatic carbocycles. The van der Waals surface area contributed by atoms with Gasteiger partial charge < -0.3 is 10.2 Å². The van der Waals surface area contributed by atoms with E-state index in [9.17, 15) is 0 Å². The zero-order chi connectivity index (χ0) is 15.2. The van der Waals surface area contributed by atoms with E-state index in [1.54, 1.807) is 0 Å². The first-order valence-electron chi connectivity index (χ1n) is 7.62. The molecule has 2 unspecified atom stereocenters. The molecule has 2 nitrogen and oxygen atoms in total. The number of rotatable bonds is 6. The van der Waals surface area contributed by atoms with E-state index < -0.39 is 0 Å². The highest BCUT2D eigenvalue weighted by Gasteiger charge is 2.10. The van der Waals surface area contributed by atoms with Crippen molar-refractivity contribution < 1.29 is 0 Å². The Hall–Kier alpha value is -1.64. The van der Waals surface area contributed by atoms with Crippen molar-refractivity contribution in [3.8, 4) is 11.1 Å². The van der Waals surface area contributed by atoms with Crippen molar-refractivity contribution in [3.05, 3.63) is 60.2 Å². The van der Waals surface area contributed by atoms with E-state index in [-0.39, 0.29) is 0 Å². The Morgan fingerprint density at radius 1 is 0.857 bits per heavy atom. The lowest BCUT2D eigenvalue weighted by Gasteiger charge is -2.23. The quantitative estimate of drug-likeness (QED) is 0.863. The van der Waals surface area contributed by atoms with E-state index >= 15 is 0 Å². The van der Waals surface area contributed by atoms with Crippen LogP contribution in [0.3, 0.4) is 0 Å². The van der Waals surface area contributed by atoms with Crippen molar-refractivity contribution in [1.29, 1.82) is 0 Å². The molecule has 0 amide bonds. The Balaban J connectivity index is 2.02. The molecule has 0 spiro atoms. The molecule has 0 aliphatic rings. The lowest BCUT2D eigenvalue weighted by molar-refractivity contribution is 0.334. The standard InChI is InChI=1S/C19H26N2/c1-15(14-21(3)4)20-16(2)17-10-12-19(13-11-17)18-8-6-5-7-9-18/h5-13,15-16,20H,14H2,1-4H3. The molecule has 112 valence electrons. The van der Waals surface area contributed by atoms with Gasteiger partial charge in [0.2, 0.25) is 0 Å². The fraction of sp³-hybridized carbons (Fsp3) is 0.368. The Kier molecular flexibility index (Phi) is 5.54. The normalized spacial score (nSPS) is 14.1. The summed E-state index contributed by atoms with van der Waals surface area (Å²) in [6, 6.07) is 20.2. The first-order valence-corrected chi connectivity index (χ1v) is 7.62. The first-order chi connectivity index (χ1) is 10.1. The molecule has 0 saturated carbocycles. The summed E-state index contributed by atoms with van der Waals surface area (Å²) in [7, 11) is 4.22. The fourth-order valence-electron chi connectivity index (χ4n) is 2.72. The van der Waals surface area contributed by atoms with Gasteiger partial charge in [0.15, 0.2) is 0 Å². The lowest BCUT2D eigenvalue weighted by atomic mass is 10.0. The largest absolute Gasteiger partial charge is 0.308 e. The van der Waals surface area contributed by atoms with Crippen LogP contribution < -0.4 is 5.32 Å². The van der Waals surface area contributed by atoms with Gasteiger partial charge in [-0.05, 0) is 44.6 Å². The summed E-state index contributed by atoms with van der Waals surface area (Å²) in [5, 5.41) is 3.65. The summed E-state index contributed by atoms with van der Waals surface area (Å²) < 4.78 is 0. The van der Waals surface area contributed by atoms with E-state index in [1.807, 2.05) is 0 Å². The smallest absolute Gasteiger partial charge is 0.0294 e. The molecule has 0 saturated heterocycles. The second-order valence-corrected chi connectivity index (χ2v) is 6.04. The van der Waals surface area contributed by atoms with E-state index in [0.29, 0.717) is 12.1 Å². The maximum atomic E-state index is 3.65. The van der Waals surface area contributed by atoms with E-state index in [0.717, 1.165) is 6.54 Å². The third-order valence-electron chi connectivity index (χ3n) is 3.69. The van der Waals surface area contributed by atoms with Crippen LogP contribution in [-0.2, 0) is 0 Å². The van der Waals surface area contributed by atoms with Gasteiger partial charge in [-0.2, -0.15) is 0 Å². The molecule has 0 radical (unpaired) electrons. The first kappa shape index (κ1) is 15.7. The molecule has 2 aromatic rings. The maximum absolute atomic E-state index is 3.65. The van der Waals surface area contributed by atoms with Crippen LogP contribution in [0.5, 0.6) is 0 Å². The van der Waals surface area contributed by atoms with Gasteiger partial charge >= 0.3 is 0 Å². The molecule has 21 heavy (non-hydrogen) atoms. The van der Waals surface area contributed by atoms with Crippen LogP contribution in [0.4, 0.5) is 0 Å². The Morgan fingerprint density at radius 3 is 2.00 bits per heavy atom. The molecular weight excluding hydrogens is 256 g/mol. The van der Waals surface area contributed by atoms with E-state index in [1.165, 1.54) is 16.7 Å². The van der Waals surface area contributed by atoms with Gasteiger partial charge in [-0.25, -0.2) is 0 Å². The van der Waals surface area contributed by atoms with Crippen LogP contribution in [0.2, 0.25) is 0 Å². The molecule has 0 aromatic heterocycles. The summed E-state index contributed by atoms with van der Waals surface area (Å²) in [6.45, 7) is 5.50. The van der Waals surface area contributed by atoms with E-state index in [2.05, 4.69) is 92.8 Å². The van der Waals surface area contributed by atoms with Crippen LogP contribution in [0.1, 0.15) is 25.5 Å². The van der Waals surface area contributed by atoms with Crippen LogP contribution in [-0.4, -0.2) is 31.6 Å². The highest BCUT2D eigenvalue weighted by atomic mass is 15.1. The number of nitrogens with one attached hydrogen (secondary N) is 1. The fourth-order valence-corrected chi connectivity index (χ4v) is 2.72. The second-order valence-electron chi connectivity index (χ2n) is 6.04. The maximum Gasteiger partial charge on any atom is 0.0294 e. The number of hydrogen-bond donors (Lipinski definition) is 1. The second kappa shape index (κ2) is 7.39. The van der Waals surface area contributed by atoms with Gasteiger partial charge in [0.1, 0.15) is 0 Å². The molecule has 2 atom stereocenters. The Labute approximate surface area is 128 Å². The third kappa shape index (κ3) is 4.69. The van der Waals surface area contributed by atoms with Gasteiger partial charge in [0.05, 0.1) is 0 Å². The van der Waals surface area contributed by atoms with Crippen molar-refractivity contribution in [1.82, 2.24) is 10.2 Å². The van der Waals surface area contributed by atoms with Crippen molar-refractivity contribution in [3.63, 3.8) is 0 Å². The van der Waals surface area contributed by atoms with Gasteiger partial charge in [0.25, 0.3) is 0 Å². The molecule has 0 bridgehead atoms. The summed E-state index contributed by atoms with van der Waals surface area (Å²) in [5.74, 6) is 0. The lowest BCUT2D eigenvalue weighted by Crippen LogP contribution is -2.37. The van der Waals surface area contributed by atoms with E-state index in [4.69, 9.17) is 0 Å². The molecule has 0 fully saturated rings. The summed E-state index contributed by atoms with van der Waals surface area (Å²) in [6.07, 6.45) is 0. The SMILES string of the molecule is CC(CN(C)C)NC(C)c1ccc(-c2ccccc2)cc1. The third-order valence-corrected chi connectivity index (χ3v) is 3.69. The molecule has 2 aromatic carbocycles. The molecular formula is C19H26N2. The minimum absolute atomic E-state index is 0.366. The van der Waals surface area contributed by atoms with Crippen molar-refractivity contribution in [2.24, 2.45) is 0 Å². The van der Waals surface area contributed by atoms with Crippen LogP contribution in [0.15, 0.2) is 54.6 Å². The predicted molar refractivity (Wildman–Crippen MR) is 91.4 cm³/mol. The Morgan fingerprint density at radius 2 is 1.43 bits per heavy atom. The summed E-state index contributed by atoms with van der Waals surface area (Å²) >= 11 is 0. The topological polar surface area (TPSA) is 15.3 Å². The highest BCUT2D eigenvalue weighted by molar-refractivity contribution is 5.63. The van der Waals surface area contributed by atoms with Crippen molar-refractivity contribution >= 4 is 0 Å². The Bertz CT molecular complexity index is 531. The molecule has 2 rings (SSSR count). The monoisotopic (exact) mass is 282 g/mol. The molecule has 0 heterocycles. The number of nitrogens with zero attached hydrogens (tertiary/aromatic N) is 1. The average Bonchev–Trinajstić information content (AvgIpc) is 2.47. The minimum Gasteiger partial charge on any atom is -0.308 e. The molecule has 2 heteroatoms. The van der Waals surface area contributed by atoms with Gasteiger partial charge in [0, 0.05) is 18.6 Å².